The van der Waals surface area contributed by atoms with Gasteiger partial charge in [0.15, 0.2) is 20.6 Å². The van der Waals surface area contributed by atoms with Gasteiger partial charge in [-0.05, 0) is 56.2 Å². The highest BCUT2D eigenvalue weighted by molar-refractivity contribution is 7.92. The Labute approximate surface area is 173 Å². The zero-order chi connectivity index (χ0) is 20.4. The van der Waals surface area contributed by atoms with E-state index >= 15 is 0 Å². The lowest BCUT2D eigenvalue weighted by atomic mass is 10.3. The lowest BCUT2D eigenvalue weighted by Crippen LogP contribution is -2.18. The van der Waals surface area contributed by atoms with Gasteiger partial charge in [0.2, 0.25) is 5.91 Å². The van der Waals surface area contributed by atoms with Crippen molar-refractivity contribution in [1.29, 1.82) is 0 Å². The summed E-state index contributed by atoms with van der Waals surface area (Å²) in [7, 11) is -3.28. The number of hydrogen-bond acceptors (Lipinski definition) is 6. The van der Waals surface area contributed by atoms with Gasteiger partial charge in [-0.1, -0.05) is 12.8 Å². The summed E-state index contributed by atoms with van der Waals surface area (Å²) in [5.41, 5.74) is 1.23. The number of nitrogens with one attached hydrogen (secondary N) is 1. The first kappa shape index (κ1) is 19.8. The molecule has 1 fully saturated rings. The molecule has 6 nitrogen and oxygen atoms in total. The highest BCUT2D eigenvalue weighted by Crippen LogP contribution is 2.30. The molecule has 29 heavy (non-hydrogen) atoms. The third-order valence-corrected chi connectivity index (χ3v) is 8.24. The van der Waals surface area contributed by atoms with Crippen molar-refractivity contribution >= 4 is 32.8 Å². The minimum absolute atomic E-state index is 0.137. The fraction of sp³-hybridized carbons (Fsp3) is 0.333. The number of nitrogens with zero attached hydrogens (tertiary/aromatic N) is 1. The Bertz CT molecular complexity index is 1110. The number of thiazole rings is 1. The number of hydrogen-bond donors (Lipinski definition) is 1. The molecule has 1 saturated carbocycles. The largest absolute Gasteiger partial charge is 0.459 e. The van der Waals surface area contributed by atoms with E-state index in [-0.39, 0.29) is 17.6 Å². The molecule has 1 aliphatic carbocycles. The number of anilines is 1. The summed E-state index contributed by atoms with van der Waals surface area (Å²) < 4.78 is 30.8. The molecule has 0 spiro atoms. The molecule has 4 rings (SSSR count). The number of aryl methyl sites for hydroxylation is 1. The Hall–Kier alpha value is -2.45. The number of benzene rings is 1. The average Bonchev–Trinajstić information content (AvgIpc) is 3.43. The van der Waals surface area contributed by atoms with E-state index in [2.05, 4.69) is 10.3 Å². The first-order valence-electron chi connectivity index (χ1n) is 9.57. The smallest absolute Gasteiger partial charge is 0.230 e. The zero-order valence-corrected chi connectivity index (χ0v) is 17.7. The van der Waals surface area contributed by atoms with Crippen molar-refractivity contribution in [2.75, 3.05) is 5.32 Å². The first-order chi connectivity index (χ1) is 13.9. The van der Waals surface area contributed by atoms with E-state index < -0.39 is 9.84 Å². The maximum absolute atomic E-state index is 12.6. The monoisotopic (exact) mass is 430 g/mol. The van der Waals surface area contributed by atoms with Gasteiger partial charge >= 0.3 is 0 Å². The van der Waals surface area contributed by atoms with Crippen LogP contribution < -0.4 is 5.32 Å². The molecular weight excluding hydrogens is 408 g/mol. The van der Waals surface area contributed by atoms with Crippen molar-refractivity contribution in [2.24, 2.45) is 0 Å². The Kier molecular flexibility index (Phi) is 5.56. The lowest BCUT2D eigenvalue weighted by molar-refractivity contribution is -0.115. The van der Waals surface area contributed by atoms with Gasteiger partial charge in [-0.15, -0.1) is 11.3 Å². The number of carbonyl (C=O) groups is 1. The summed E-state index contributed by atoms with van der Waals surface area (Å²) in [5.74, 6) is 1.30. The molecule has 0 radical (unpaired) electrons. The van der Waals surface area contributed by atoms with Crippen LogP contribution >= 0.6 is 11.3 Å². The molecule has 1 N–H and O–H groups in total. The average molecular weight is 431 g/mol. The van der Waals surface area contributed by atoms with Gasteiger partial charge in [-0.2, -0.15) is 0 Å². The maximum Gasteiger partial charge on any atom is 0.230 e. The van der Waals surface area contributed by atoms with Gasteiger partial charge in [-0.25, -0.2) is 13.4 Å². The summed E-state index contributed by atoms with van der Waals surface area (Å²) in [4.78, 5) is 17.1. The second-order valence-corrected chi connectivity index (χ2v) is 10.3. The Morgan fingerprint density at radius 3 is 2.55 bits per heavy atom. The van der Waals surface area contributed by atoms with Crippen molar-refractivity contribution in [3.05, 3.63) is 53.2 Å². The molecule has 0 aliphatic heterocycles. The van der Waals surface area contributed by atoms with E-state index in [9.17, 15) is 13.2 Å². The van der Waals surface area contributed by atoms with Crippen molar-refractivity contribution in [2.45, 2.75) is 49.2 Å². The van der Waals surface area contributed by atoms with Crippen LogP contribution in [0.25, 0.3) is 10.8 Å². The minimum Gasteiger partial charge on any atom is -0.459 e. The summed E-state index contributed by atoms with van der Waals surface area (Å²) in [5, 5.41) is 5.10. The van der Waals surface area contributed by atoms with Gasteiger partial charge in [0.25, 0.3) is 0 Å². The standard InChI is InChI=1S/C21H22N2O4S2/c1-14-6-11-19(27-14)21-23-16(13-28-21)12-20(24)22-15-7-9-18(10-8-15)29(25,26)17-4-2-3-5-17/h6-11,13,17H,2-5,12H2,1H3,(H,22,24). The Balaban J connectivity index is 1.38. The second-order valence-electron chi connectivity index (χ2n) is 7.26. The maximum atomic E-state index is 12.6. The van der Waals surface area contributed by atoms with E-state index in [1.807, 2.05) is 24.4 Å². The van der Waals surface area contributed by atoms with Crippen LogP contribution in [0.4, 0.5) is 5.69 Å². The fourth-order valence-corrected chi connectivity index (χ4v) is 6.17. The lowest BCUT2D eigenvalue weighted by Gasteiger charge is -2.12. The number of aromatic nitrogens is 1. The molecule has 0 saturated heterocycles. The van der Waals surface area contributed by atoms with E-state index in [1.54, 1.807) is 24.3 Å². The number of rotatable bonds is 6. The highest BCUT2D eigenvalue weighted by atomic mass is 32.2. The molecule has 2 heterocycles. The predicted octanol–water partition coefficient (Wildman–Crippen LogP) is 4.61. The second kappa shape index (κ2) is 8.12. The SMILES string of the molecule is Cc1ccc(-c2nc(CC(=O)Nc3ccc(S(=O)(=O)C4CCCC4)cc3)cs2)o1. The molecule has 0 atom stereocenters. The van der Waals surface area contributed by atoms with Gasteiger partial charge in [0.1, 0.15) is 5.76 Å². The van der Waals surface area contributed by atoms with Gasteiger partial charge in [-0.3, -0.25) is 4.79 Å². The fourth-order valence-electron chi connectivity index (χ4n) is 3.54. The normalized spacial score (nSPS) is 14.9. The number of furan rings is 1. The van der Waals surface area contributed by atoms with Crippen LogP contribution in [0.2, 0.25) is 0 Å². The number of carbonyl (C=O) groups excluding carboxylic acids is 1. The van der Waals surface area contributed by atoms with Crippen LogP contribution in [0.3, 0.4) is 0 Å². The summed E-state index contributed by atoms with van der Waals surface area (Å²) in [6.07, 6.45) is 3.53. The van der Waals surface area contributed by atoms with E-state index in [0.29, 0.717) is 22.0 Å². The zero-order valence-electron chi connectivity index (χ0n) is 16.1. The molecule has 1 aliphatic rings. The van der Waals surface area contributed by atoms with E-state index in [1.165, 1.54) is 11.3 Å². The van der Waals surface area contributed by atoms with Crippen LogP contribution in [0.5, 0.6) is 0 Å². The molecule has 1 amide bonds. The van der Waals surface area contributed by atoms with Gasteiger partial charge < -0.3 is 9.73 Å². The molecule has 0 unspecified atom stereocenters. The molecule has 3 aromatic rings. The van der Waals surface area contributed by atoms with Crippen LogP contribution in [0, 0.1) is 6.92 Å². The highest BCUT2D eigenvalue weighted by Gasteiger charge is 2.30. The topological polar surface area (TPSA) is 89.3 Å². The van der Waals surface area contributed by atoms with E-state index in [4.69, 9.17) is 4.42 Å². The van der Waals surface area contributed by atoms with Crippen molar-refractivity contribution < 1.29 is 17.6 Å². The molecule has 8 heteroatoms. The third kappa shape index (κ3) is 4.43. The Morgan fingerprint density at radius 2 is 1.90 bits per heavy atom. The quantitative estimate of drug-likeness (QED) is 0.617. The molecule has 2 aromatic heterocycles. The van der Waals surface area contributed by atoms with Crippen LogP contribution in [0.15, 0.2) is 51.1 Å². The molecular formula is C21H22N2O4S2. The predicted molar refractivity (Wildman–Crippen MR) is 113 cm³/mol. The molecule has 152 valence electrons. The summed E-state index contributed by atoms with van der Waals surface area (Å²) in [6, 6.07) is 10.2. The summed E-state index contributed by atoms with van der Waals surface area (Å²) >= 11 is 1.43. The van der Waals surface area contributed by atoms with Crippen molar-refractivity contribution in [1.82, 2.24) is 4.98 Å². The van der Waals surface area contributed by atoms with Crippen LogP contribution in [0.1, 0.15) is 37.1 Å². The molecule has 0 bridgehead atoms. The Morgan fingerprint density at radius 1 is 1.17 bits per heavy atom. The molecule has 1 aromatic carbocycles. The summed E-state index contributed by atoms with van der Waals surface area (Å²) in [6.45, 7) is 1.87. The van der Waals surface area contributed by atoms with Gasteiger partial charge in [0, 0.05) is 11.1 Å². The minimum atomic E-state index is -3.28. The van der Waals surface area contributed by atoms with Crippen LogP contribution in [-0.4, -0.2) is 24.6 Å². The van der Waals surface area contributed by atoms with Gasteiger partial charge in [0.05, 0.1) is 22.3 Å². The number of amides is 1. The van der Waals surface area contributed by atoms with E-state index in [0.717, 1.165) is 36.5 Å². The first-order valence-corrected chi connectivity index (χ1v) is 12.0. The van der Waals surface area contributed by atoms with Crippen molar-refractivity contribution in [3.8, 4) is 10.8 Å². The number of sulfone groups is 1. The van der Waals surface area contributed by atoms with Crippen LogP contribution in [-0.2, 0) is 21.1 Å². The third-order valence-electron chi connectivity index (χ3n) is 5.05. The van der Waals surface area contributed by atoms with Crippen molar-refractivity contribution in [3.63, 3.8) is 0 Å².